The van der Waals surface area contributed by atoms with Gasteiger partial charge >= 0.3 is 0 Å². The molecule has 2 aromatic rings. The summed E-state index contributed by atoms with van der Waals surface area (Å²) < 4.78 is 0. The second-order valence-corrected chi connectivity index (χ2v) is 3.93. The van der Waals surface area contributed by atoms with Gasteiger partial charge in [0.2, 0.25) is 0 Å². The zero-order valence-electron chi connectivity index (χ0n) is 7.85. The molecule has 0 bridgehead atoms. The lowest BCUT2D eigenvalue weighted by atomic mass is 10.1. The van der Waals surface area contributed by atoms with E-state index in [1.54, 1.807) is 0 Å². The lowest BCUT2D eigenvalue weighted by molar-refractivity contribution is 0.955. The maximum atomic E-state index is 5.80. The molecule has 3 rings (SSSR count). The van der Waals surface area contributed by atoms with Crippen molar-refractivity contribution in [3.8, 4) is 0 Å². The number of pyridine rings is 1. The van der Waals surface area contributed by atoms with E-state index in [0.29, 0.717) is 12.0 Å². The summed E-state index contributed by atoms with van der Waals surface area (Å²) in [4.78, 5) is 4.61. The fourth-order valence-corrected chi connectivity index (χ4v) is 1.84. The van der Waals surface area contributed by atoms with Crippen LogP contribution in [0, 0.1) is 0 Å². The molecule has 70 valence electrons. The summed E-state index contributed by atoms with van der Waals surface area (Å²) in [6.07, 6.45) is 1.09. The van der Waals surface area contributed by atoms with Crippen molar-refractivity contribution in [3.05, 3.63) is 42.1 Å². The number of aromatic nitrogens is 1. The Bertz CT molecular complexity index is 478. The Labute approximate surface area is 82.8 Å². The predicted octanol–water partition coefficient (Wildman–Crippen LogP) is 2.05. The van der Waals surface area contributed by atoms with Crippen molar-refractivity contribution in [3.63, 3.8) is 0 Å². The summed E-state index contributed by atoms with van der Waals surface area (Å²) in [7, 11) is 0. The third-order valence-electron chi connectivity index (χ3n) is 2.84. The topological polar surface area (TPSA) is 38.9 Å². The summed E-state index contributed by atoms with van der Waals surface area (Å²) in [6, 6.07) is 12.7. The molecule has 0 spiro atoms. The van der Waals surface area contributed by atoms with Crippen LogP contribution in [-0.4, -0.2) is 11.0 Å². The van der Waals surface area contributed by atoms with E-state index < -0.39 is 0 Å². The zero-order valence-corrected chi connectivity index (χ0v) is 7.85. The Balaban J connectivity index is 2.11. The van der Waals surface area contributed by atoms with Gasteiger partial charge in [0.1, 0.15) is 0 Å². The average Bonchev–Trinajstić information content (AvgIpc) is 2.95. The summed E-state index contributed by atoms with van der Waals surface area (Å²) in [5.41, 5.74) is 8.03. The minimum absolute atomic E-state index is 0.337. The summed E-state index contributed by atoms with van der Waals surface area (Å²) >= 11 is 0. The summed E-state index contributed by atoms with van der Waals surface area (Å²) in [5, 5.41) is 1.20. The molecule has 2 atom stereocenters. The lowest BCUT2D eigenvalue weighted by Gasteiger charge is -2.00. The number of nitrogens with zero attached hydrogens (tertiary/aromatic N) is 1. The van der Waals surface area contributed by atoms with Crippen molar-refractivity contribution in [1.29, 1.82) is 0 Å². The summed E-state index contributed by atoms with van der Waals surface area (Å²) in [6.45, 7) is 0. The third-order valence-corrected chi connectivity index (χ3v) is 2.84. The van der Waals surface area contributed by atoms with Crippen LogP contribution in [-0.2, 0) is 0 Å². The van der Waals surface area contributed by atoms with Gasteiger partial charge in [-0.1, -0.05) is 24.3 Å². The van der Waals surface area contributed by atoms with E-state index in [1.807, 2.05) is 18.2 Å². The van der Waals surface area contributed by atoms with Gasteiger partial charge in [0.05, 0.1) is 5.52 Å². The molecule has 2 nitrogen and oxygen atoms in total. The van der Waals surface area contributed by atoms with Gasteiger partial charge < -0.3 is 5.73 Å². The van der Waals surface area contributed by atoms with Crippen LogP contribution >= 0.6 is 0 Å². The summed E-state index contributed by atoms with van der Waals surface area (Å²) in [5.74, 6) is 0.500. The number of nitrogens with two attached hydrogens (primary N) is 1. The Hall–Kier alpha value is -1.41. The molecule has 0 aliphatic heterocycles. The maximum Gasteiger partial charge on any atom is 0.0705 e. The highest BCUT2D eigenvalue weighted by molar-refractivity contribution is 5.78. The second-order valence-electron chi connectivity index (χ2n) is 3.93. The number of benzene rings is 1. The van der Waals surface area contributed by atoms with E-state index in [-0.39, 0.29) is 0 Å². The number of hydrogen-bond donors (Lipinski definition) is 1. The highest BCUT2D eigenvalue weighted by Crippen LogP contribution is 2.38. The molecular formula is C12H12N2. The first-order valence-corrected chi connectivity index (χ1v) is 4.96. The molecule has 1 heterocycles. The quantitative estimate of drug-likeness (QED) is 0.736. The van der Waals surface area contributed by atoms with Crippen molar-refractivity contribution in [2.45, 2.75) is 18.4 Å². The Morgan fingerprint density at radius 2 is 1.93 bits per heavy atom. The van der Waals surface area contributed by atoms with Gasteiger partial charge in [-0.3, -0.25) is 4.98 Å². The SMILES string of the molecule is NC1CC1c1ccc2ccccc2n1. The molecule has 2 unspecified atom stereocenters. The van der Waals surface area contributed by atoms with E-state index >= 15 is 0 Å². The van der Waals surface area contributed by atoms with E-state index in [0.717, 1.165) is 17.6 Å². The molecule has 1 aromatic carbocycles. The monoisotopic (exact) mass is 184 g/mol. The molecule has 1 fully saturated rings. The third kappa shape index (κ3) is 1.19. The van der Waals surface area contributed by atoms with Gasteiger partial charge in [0, 0.05) is 23.0 Å². The fraction of sp³-hybridized carbons (Fsp3) is 0.250. The Morgan fingerprint density at radius 1 is 1.14 bits per heavy atom. The first kappa shape index (κ1) is 7.94. The number of fused-ring (bicyclic) bond motifs is 1. The number of hydrogen-bond acceptors (Lipinski definition) is 2. The van der Waals surface area contributed by atoms with Crippen LogP contribution < -0.4 is 5.73 Å². The van der Waals surface area contributed by atoms with Gasteiger partial charge in [-0.15, -0.1) is 0 Å². The van der Waals surface area contributed by atoms with E-state index in [2.05, 4.69) is 23.2 Å². The second kappa shape index (κ2) is 2.79. The molecule has 1 aliphatic carbocycles. The van der Waals surface area contributed by atoms with Crippen molar-refractivity contribution in [1.82, 2.24) is 4.98 Å². The minimum atomic E-state index is 0.337. The first-order chi connectivity index (χ1) is 6.84. The molecule has 1 aromatic heterocycles. The van der Waals surface area contributed by atoms with Crippen molar-refractivity contribution in [2.75, 3.05) is 0 Å². The van der Waals surface area contributed by atoms with Crippen LogP contribution in [0.25, 0.3) is 10.9 Å². The van der Waals surface area contributed by atoms with Gasteiger partial charge in [0.15, 0.2) is 0 Å². The van der Waals surface area contributed by atoms with Crippen LogP contribution in [0.4, 0.5) is 0 Å². The van der Waals surface area contributed by atoms with Gasteiger partial charge in [0.25, 0.3) is 0 Å². The van der Waals surface area contributed by atoms with Gasteiger partial charge in [-0.2, -0.15) is 0 Å². The van der Waals surface area contributed by atoms with Crippen molar-refractivity contribution in [2.24, 2.45) is 5.73 Å². The van der Waals surface area contributed by atoms with Gasteiger partial charge in [-0.05, 0) is 18.6 Å². The molecule has 2 N–H and O–H groups in total. The standard InChI is InChI=1S/C12H12N2/c13-10-7-9(10)12-6-5-8-3-1-2-4-11(8)14-12/h1-6,9-10H,7,13H2. The fourth-order valence-electron chi connectivity index (χ4n) is 1.84. The highest BCUT2D eigenvalue weighted by atomic mass is 14.8. The zero-order chi connectivity index (χ0) is 9.54. The smallest absolute Gasteiger partial charge is 0.0705 e. The molecule has 1 saturated carbocycles. The molecule has 1 aliphatic rings. The minimum Gasteiger partial charge on any atom is -0.327 e. The van der Waals surface area contributed by atoms with Crippen LogP contribution in [0.15, 0.2) is 36.4 Å². The normalized spacial score (nSPS) is 25.2. The average molecular weight is 184 g/mol. The van der Waals surface area contributed by atoms with Crippen LogP contribution in [0.5, 0.6) is 0 Å². The van der Waals surface area contributed by atoms with Crippen LogP contribution in [0.1, 0.15) is 18.0 Å². The highest BCUT2D eigenvalue weighted by Gasteiger charge is 2.35. The molecule has 0 saturated heterocycles. The number of rotatable bonds is 1. The van der Waals surface area contributed by atoms with Crippen LogP contribution in [0.2, 0.25) is 0 Å². The predicted molar refractivity (Wildman–Crippen MR) is 57.1 cm³/mol. The molecule has 0 amide bonds. The van der Waals surface area contributed by atoms with Crippen LogP contribution in [0.3, 0.4) is 0 Å². The Morgan fingerprint density at radius 3 is 2.71 bits per heavy atom. The van der Waals surface area contributed by atoms with E-state index in [9.17, 15) is 0 Å². The Kier molecular flexibility index (Phi) is 1.58. The van der Waals surface area contributed by atoms with E-state index in [4.69, 9.17) is 5.73 Å². The van der Waals surface area contributed by atoms with Gasteiger partial charge in [-0.25, -0.2) is 0 Å². The molecule has 14 heavy (non-hydrogen) atoms. The molecular weight excluding hydrogens is 172 g/mol. The maximum absolute atomic E-state index is 5.80. The first-order valence-electron chi connectivity index (χ1n) is 4.96. The van der Waals surface area contributed by atoms with E-state index in [1.165, 1.54) is 5.39 Å². The molecule has 2 heteroatoms. The number of para-hydroxylation sites is 1. The van der Waals surface area contributed by atoms with Crippen molar-refractivity contribution < 1.29 is 0 Å². The molecule has 0 radical (unpaired) electrons. The van der Waals surface area contributed by atoms with Crippen molar-refractivity contribution >= 4 is 10.9 Å². The lowest BCUT2D eigenvalue weighted by Crippen LogP contribution is -2.02. The largest absolute Gasteiger partial charge is 0.327 e.